The number of thiophene rings is 1. The summed E-state index contributed by atoms with van der Waals surface area (Å²) in [6.07, 6.45) is 6.61. The Morgan fingerprint density at radius 2 is 1.72 bits per heavy atom. The summed E-state index contributed by atoms with van der Waals surface area (Å²) < 4.78 is 1.14. The third kappa shape index (κ3) is 3.96. The minimum absolute atomic E-state index is 1.14. The van der Waals surface area contributed by atoms with Crippen LogP contribution in [0, 0.1) is 0 Å². The molecule has 1 aromatic carbocycles. The first-order chi connectivity index (χ1) is 8.79. The van der Waals surface area contributed by atoms with Crippen LogP contribution in [0.25, 0.3) is 10.4 Å². The summed E-state index contributed by atoms with van der Waals surface area (Å²) in [5.41, 5.74) is 1.32. The van der Waals surface area contributed by atoms with Gasteiger partial charge in [-0.3, -0.25) is 0 Å². The van der Waals surface area contributed by atoms with Gasteiger partial charge in [0.05, 0.1) is 0 Å². The number of aryl methyl sites for hydroxylation is 1. The molecule has 0 saturated heterocycles. The zero-order chi connectivity index (χ0) is 12.8. The van der Waals surface area contributed by atoms with Gasteiger partial charge in [0, 0.05) is 14.2 Å². The summed E-state index contributed by atoms with van der Waals surface area (Å²) in [5, 5.41) is 0. The van der Waals surface area contributed by atoms with E-state index in [0.717, 1.165) is 4.47 Å². The predicted molar refractivity (Wildman–Crippen MR) is 85.3 cm³/mol. The van der Waals surface area contributed by atoms with Crippen molar-refractivity contribution in [1.82, 2.24) is 0 Å². The number of unbranched alkanes of at least 4 members (excludes halogenated alkanes) is 3. The van der Waals surface area contributed by atoms with Gasteiger partial charge in [-0.15, -0.1) is 11.3 Å². The largest absolute Gasteiger partial charge is 0.140 e. The Bertz CT molecular complexity index is 470. The summed E-state index contributed by atoms with van der Waals surface area (Å²) in [6.45, 7) is 2.26. The van der Waals surface area contributed by atoms with Crippen molar-refractivity contribution < 1.29 is 0 Å². The molecule has 0 bridgehead atoms. The molecule has 0 amide bonds. The van der Waals surface area contributed by atoms with Crippen molar-refractivity contribution in [2.45, 2.75) is 39.0 Å². The van der Waals surface area contributed by atoms with Gasteiger partial charge in [-0.2, -0.15) is 0 Å². The molecule has 0 aliphatic carbocycles. The van der Waals surface area contributed by atoms with Gasteiger partial charge < -0.3 is 0 Å². The van der Waals surface area contributed by atoms with Gasteiger partial charge in [0.15, 0.2) is 0 Å². The zero-order valence-corrected chi connectivity index (χ0v) is 13.2. The van der Waals surface area contributed by atoms with Gasteiger partial charge in [-0.25, -0.2) is 0 Å². The molecular weight excluding hydrogens is 304 g/mol. The second-order valence-electron chi connectivity index (χ2n) is 4.58. The van der Waals surface area contributed by atoms with Crippen molar-refractivity contribution in [3.05, 3.63) is 45.7 Å². The van der Waals surface area contributed by atoms with E-state index in [2.05, 4.69) is 59.3 Å². The van der Waals surface area contributed by atoms with Gasteiger partial charge in [0.2, 0.25) is 0 Å². The average Bonchev–Trinajstić information content (AvgIpc) is 2.84. The molecule has 0 atom stereocenters. The van der Waals surface area contributed by atoms with E-state index < -0.39 is 0 Å². The lowest BCUT2D eigenvalue weighted by Gasteiger charge is -1.98. The molecule has 0 spiro atoms. The molecule has 18 heavy (non-hydrogen) atoms. The Morgan fingerprint density at radius 1 is 0.944 bits per heavy atom. The van der Waals surface area contributed by atoms with Crippen LogP contribution in [0.1, 0.15) is 37.5 Å². The number of hydrogen-bond donors (Lipinski definition) is 0. The molecule has 0 nitrogen and oxygen atoms in total. The first-order valence-corrected chi connectivity index (χ1v) is 8.25. The van der Waals surface area contributed by atoms with Crippen LogP contribution in [0.4, 0.5) is 0 Å². The van der Waals surface area contributed by atoms with Gasteiger partial charge in [0.25, 0.3) is 0 Å². The molecule has 0 aliphatic rings. The fraction of sp³-hybridized carbons (Fsp3) is 0.375. The van der Waals surface area contributed by atoms with Crippen LogP contribution >= 0.6 is 27.3 Å². The Hall–Kier alpha value is -0.600. The molecule has 2 aromatic rings. The number of halogens is 1. The molecule has 1 heterocycles. The van der Waals surface area contributed by atoms with Gasteiger partial charge in [-0.1, -0.05) is 54.2 Å². The second kappa shape index (κ2) is 7.10. The average molecular weight is 323 g/mol. The van der Waals surface area contributed by atoms with E-state index in [9.17, 15) is 0 Å². The van der Waals surface area contributed by atoms with Gasteiger partial charge >= 0.3 is 0 Å². The molecule has 2 heteroatoms. The Labute approximate surface area is 122 Å². The Morgan fingerprint density at radius 3 is 2.44 bits per heavy atom. The molecule has 96 valence electrons. The van der Waals surface area contributed by atoms with Crippen molar-refractivity contribution in [2.24, 2.45) is 0 Å². The standard InChI is InChI=1S/C16H19BrS/c1-2-3-4-5-6-15-11-12-16(18-15)13-7-9-14(17)10-8-13/h7-12H,2-6H2,1H3. The molecule has 0 fully saturated rings. The van der Waals surface area contributed by atoms with Crippen LogP contribution in [-0.2, 0) is 6.42 Å². The lowest BCUT2D eigenvalue weighted by atomic mass is 10.1. The smallest absolute Gasteiger partial charge is 0.0345 e. The molecule has 0 N–H and O–H groups in total. The number of hydrogen-bond acceptors (Lipinski definition) is 1. The Balaban J connectivity index is 1.95. The fourth-order valence-corrected chi connectivity index (χ4v) is 3.33. The minimum Gasteiger partial charge on any atom is -0.140 e. The van der Waals surface area contributed by atoms with E-state index in [1.165, 1.54) is 47.4 Å². The van der Waals surface area contributed by atoms with Crippen LogP contribution in [0.5, 0.6) is 0 Å². The molecule has 0 radical (unpaired) electrons. The van der Waals surface area contributed by atoms with Crippen molar-refractivity contribution in [3.63, 3.8) is 0 Å². The molecule has 0 unspecified atom stereocenters. The maximum atomic E-state index is 3.48. The van der Waals surface area contributed by atoms with Crippen molar-refractivity contribution in [2.75, 3.05) is 0 Å². The molecule has 1 aromatic heterocycles. The first kappa shape index (κ1) is 13.8. The molecule has 0 aliphatic heterocycles. The van der Waals surface area contributed by atoms with Crippen LogP contribution in [-0.4, -0.2) is 0 Å². The monoisotopic (exact) mass is 322 g/mol. The highest BCUT2D eigenvalue weighted by molar-refractivity contribution is 9.10. The van der Waals surface area contributed by atoms with Gasteiger partial charge in [0.1, 0.15) is 0 Å². The third-order valence-electron chi connectivity index (χ3n) is 3.07. The number of rotatable bonds is 6. The predicted octanol–water partition coefficient (Wildman–Crippen LogP) is 6.30. The topological polar surface area (TPSA) is 0 Å². The SMILES string of the molecule is CCCCCCc1ccc(-c2ccc(Br)cc2)s1. The fourth-order valence-electron chi connectivity index (χ4n) is 2.01. The van der Waals surface area contributed by atoms with Crippen LogP contribution in [0.15, 0.2) is 40.9 Å². The highest BCUT2D eigenvalue weighted by atomic mass is 79.9. The summed E-state index contributed by atoms with van der Waals surface area (Å²) >= 11 is 5.41. The lowest BCUT2D eigenvalue weighted by Crippen LogP contribution is -1.80. The van der Waals surface area contributed by atoms with Crippen LogP contribution in [0.3, 0.4) is 0 Å². The van der Waals surface area contributed by atoms with E-state index in [4.69, 9.17) is 0 Å². The quantitative estimate of drug-likeness (QED) is 0.547. The summed E-state index contributed by atoms with van der Waals surface area (Å²) in [4.78, 5) is 2.90. The van der Waals surface area contributed by atoms with Crippen molar-refractivity contribution in [1.29, 1.82) is 0 Å². The van der Waals surface area contributed by atoms with Crippen molar-refractivity contribution >= 4 is 27.3 Å². The third-order valence-corrected chi connectivity index (χ3v) is 4.79. The van der Waals surface area contributed by atoms with Crippen LogP contribution in [0.2, 0.25) is 0 Å². The maximum absolute atomic E-state index is 3.48. The number of benzene rings is 1. The molecular formula is C16H19BrS. The summed E-state index contributed by atoms with van der Waals surface area (Å²) in [6, 6.07) is 13.1. The van der Waals surface area contributed by atoms with E-state index in [-0.39, 0.29) is 0 Å². The Kier molecular flexibility index (Phi) is 5.45. The van der Waals surface area contributed by atoms with E-state index in [1.807, 2.05) is 11.3 Å². The zero-order valence-electron chi connectivity index (χ0n) is 10.8. The first-order valence-electron chi connectivity index (χ1n) is 6.64. The lowest BCUT2D eigenvalue weighted by molar-refractivity contribution is 0.670. The van der Waals surface area contributed by atoms with E-state index >= 15 is 0 Å². The summed E-state index contributed by atoms with van der Waals surface area (Å²) in [7, 11) is 0. The molecule has 2 rings (SSSR count). The highest BCUT2D eigenvalue weighted by Crippen LogP contribution is 2.29. The van der Waals surface area contributed by atoms with Gasteiger partial charge in [-0.05, 0) is 42.7 Å². The van der Waals surface area contributed by atoms with E-state index in [1.54, 1.807) is 0 Å². The molecule has 0 saturated carbocycles. The van der Waals surface area contributed by atoms with E-state index in [0.29, 0.717) is 0 Å². The maximum Gasteiger partial charge on any atom is 0.0345 e. The minimum atomic E-state index is 1.14. The normalized spacial score (nSPS) is 10.8. The van der Waals surface area contributed by atoms with Crippen molar-refractivity contribution in [3.8, 4) is 10.4 Å². The highest BCUT2D eigenvalue weighted by Gasteiger charge is 2.02. The van der Waals surface area contributed by atoms with Crippen LogP contribution < -0.4 is 0 Å². The second-order valence-corrected chi connectivity index (χ2v) is 6.67. The summed E-state index contributed by atoms with van der Waals surface area (Å²) in [5.74, 6) is 0.